The minimum absolute atomic E-state index is 0.0331. The molecule has 6 nitrogen and oxygen atoms in total. The van der Waals surface area contributed by atoms with Crippen LogP contribution < -0.4 is 5.69 Å². The third-order valence-electron chi connectivity index (χ3n) is 1.93. The van der Waals surface area contributed by atoms with Crippen LogP contribution in [0.5, 0.6) is 0 Å². The number of aromatic carboxylic acids is 1. The number of carboxylic acid groups (broad SMARTS) is 1. The van der Waals surface area contributed by atoms with E-state index in [9.17, 15) is 9.59 Å². The van der Waals surface area contributed by atoms with E-state index in [1.54, 1.807) is 18.5 Å². The molecule has 0 saturated heterocycles. The maximum absolute atomic E-state index is 11.0. The van der Waals surface area contributed by atoms with Gasteiger partial charge in [-0.25, -0.2) is 14.6 Å². The molecule has 0 fully saturated rings. The summed E-state index contributed by atoms with van der Waals surface area (Å²) in [6, 6.07) is 1.66. The Labute approximate surface area is 83.6 Å². The Balaban J connectivity index is 2.68. The topological polar surface area (TPSA) is 98.8 Å². The molecule has 0 aliphatic carbocycles. The molecule has 0 atom stereocenters. The van der Waals surface area contributed by atoms with E-state index in [0.717, 1.165) is 6.20 Å². The number of H-pyrrole nitrogens is 2. The molecule has 0 aliphatic heterocycles. The zero-order valence-corrected chi connectivity index (χ0v) is 7.52. The molecule has 2 heterocycles. The fourth-order valence-electron chi connectivity index (χ4n) is 1.26. The van der Waals surface area contributed by atoms with Gasteiger partial charge in [-0.05, 0) is 6.07 Å². The first-order chi connectivity index (χ1) is 7.18. The highest BCUT2D eigenvalue weighted by atomic mass is 16.4. The Morgan fingerprint density at radius 3 is 2.87 bits per heavy atom. The fourth-order valence-corrected chi connectivity index (χ4v) is 1.26. The van der Waals surface area contributed by atoms with Crippen molar-refractivity contribution in [1.82, 2.24) is 15.0 Å². The van der Waals surface area contributed by atoms with Gasteiger partial charge in [0.1, 0.15) is 5.56 Å². The molecule has 15 heavy (non-hydrogen) atoms. The number of rotatable bonds is 2. The number of nitrogens with zero attached hydrogens (tertiary/aromatic N) is 1. The maximum atomic E-state index is 11.0. The quantitative estimate of drug-likeness (QED) is 0.663. The number of carbonyl (C=O) groups is 1. The van der Waals surface area contributed by atoms with Crippen LogP contribution in [-0.2, 0) is 0 Å². The second-order valence-corrected chi connectivity index (χ2v) is 2.88. The van der Waals surface area contributed by atoms with Crippen LogP contribution in [-0.4, -0.2) is 26.0 Å². The van der Waals surface area contributed by atoms with Crippen LogP contribution in [0.15, 0.2) is 29.5 Å². The van der Waals surface area contributed by atoms with Crippen LogP contribution in [0, 0.1) is 0 Å². The van der Waals surface area contributed by atoms with Gasteiger partial charge in [-0.3, -0.25) is 0 Å². The molecule has 0 aliphatic rings. The number of hydrogen-bond donors (Lipinski definition) is 3. The SMILES string of the molecule is O=C(O)c1cnc(=O)[nH]c1-c1cc[nH]c1. The molecular formula is C9H7N3O3. The van der Waals surface area contributed by atoms with Gasteiger partial charge in [-0.1, -0.05) is 0 Å². The zero-order valence-electron chi connectivity index (χ0n) is 7.52. The molecule has 3 N–H and O–H groups in total. The molecule has 0 saturated carbocycles. The van der Waals surface area contributed by atoms with Crippen molar-refractivity contribution in [1.29, 1.82) is 0 Å². The second kappa shape index (κ2) is 3.41. The van der Waals surface area contributed by atoms with Crippen molar-refractivity contribution in [3.8, 4) is 11.3 Å². The molecule has 0 amide bonds. The summed E-state index contributed by atoms with van der Waals surface area (Å²) in [6.45, 7) is 0. The lowest BCUT2D eigenvalue weighted by molar-refractivity contribution is 0.0697. The van der Waals surface area contributed by atoms with E-state index >= 15 is 0 Å². The van der Waals surface area contributed by atoms with Crippen LogP contribution in [0.25, 0.3) is 11.3 Å². The van der Waals surface area contributed by atoms with Gasteiger partial charge in [0.05, 0.1) is 5.69 Å². The van der Waals surface area contributed by atoms with E-state index < -0.39 is 11.7 Å². The van der Waals surface area contributed by atoms with Crippen LogP contribution in [0.2, 0.25) is 0 Å². The summed E-state index contributed by atoms with van der Waals surface area (Å²) in [5.74, 6) is -1.13. The average Bonchev–Trinajstić information content (AvgIpc) is 2.69. The van der Waals surface area contributed by atoms with Gasteiger partial charge in [-0.15, -0.1) is 0 Å². The number of aromatic nitrogens is 3. The molecular weight excluding hydrogens is 198 g/mol. The lowest BCUT2D eigenvalue weighted by Gasteiger charge is -2.01. The Bertz CT molecular complexity index is 542. The molecule has 6 heteroatoms. The van der Waals surface area contributed by atoms with E-state index in [1.165, 1.54) is 0 Å². The first kappa shape index (κ1) is 9.20. The summed E-state index contributed by atoms with van der Waals surface area (Å²) in [7, 11) is 0. The molecule has 0 aromatic carbocycles. The van der Waals surface area contributed by atoms with Gasteiger partial charge in [0.15, 0.2) is 0 Å². The van der Waals surface area contributed by atoms with E-state index in [4.69, 9.17) is 5.11 Å². The molecule has 0 radical (unpaired) electrons. The van der Waals surface area contributed by atoms with Crippen molar-refractivity contribution in [3.63, 3.8) is 0 Å². The van der Waals surface area contributed by atoms with Gasteiger partial charge in [0, 0.05) is 24.2 Å². The molecule has 76 valence electrons. The Morgan fingerprint density at radius 2 is 2.27 bits per heavy atom. The molecule has 2 rings (SSSR count). The van der Waals surface area contributed by atoms with Gasteiger partial charge in [0.25, 0.3) is 0 Å². The van der Waals surface area contributed by atoms with Crippen LogP contribution in [0.4, 0.5) is 0 Å². The van der Waals surface area contributed by atoms with Crippen molar-refractivity contribution in [2.75, 3.05) is 0 Å². The second-order valence-electron chi connectivity index (χ2n) is 2.88. The van der Waals surface area contributed by atoms with Crippen LogP contribution in [0.3, 0.4) is 0 Å². The Hall–Kier alpha value is -2.37. The van der Waals surface area contributed by atoms with E-state index in [-0.39, 0.29) is 11.3 Å². The van der Waals surface area contributed by atoms with Crippen molar-refractivity contribution < 1.29 is 9.90 Å². The number of carboxylic acids is 1. The Morgan fingerprint density at radius 1 is 1.47 bits per heavy atom. The number of hydrogen-bond acceptors (Lipinski definition) is 3. The minimum Gasteiger partial charge on any atom is -0.478 e. The van der Waals surface area contributed by atoms with Gasteiger partial charge in [0.2, 0.25) is 0 Å². The normalized spacial score (nSPS) is 10.1. The maximum Gasteiger partial charge on any atom is 0.345 e. The predicted molar refractivity (Wildman–Crippen MR) is 51.6 cm³/mol. The summed E-state index contributed by atoms with van der Waals surface area (Å²) in [5.41, 5.74) is 0.251. The Kier molecular flexibility index (Phi) is 2.09. The van der Waals surface area contributed by atoms with Gasteiger partial charge >= 0.3 is 11.7 Å². The standard InChI is InChI=1S/C9H7N3O3/c13-8(14)6-4-11-9(15)12-7(6)5-1-2-10-3-5/h1-4,10H,(H,13,14)(H,11,12,15). The smallest absolute Gasteiger partial charge is 0.345 e. The fraction of sp³-hybridized carbons (Fsp3) is 0. The summed E-state index contributed by atoms with van der Waals surface area (Å²) < 4.78 is 0. The van der Waals surface area contributed by atoms with Crippen LogP contribution in [0.1, 0.15) is 10.4 Å². The zero-order chi connectivity index (χ0) is 10.8. The lowest BCUT2D eigenvalue weighted by Crippen LogP contribution is -2.14. The number of aromatic amines is 2. The minimum atomic E-state index is -1.13. The molecule has 2 aromatic heterocycles. The highest BCUT2D eigenvalue weighted by Gasteiger charge is 2.13. The molecule has 0 spiro atoms. The van der Waals surface area contributed by atoms with E-state index in [1.807, 2.05) is 0 Å². The first-order valence-corrected chi connectivity index (χ1v) is 4.14. The van der Waals surface area contributed by atoms with Crippen molar-refractivity contribution in [3.05, 3.63) is 40.7 Å². The molecule has 0 bridgehead atoms. The summed E-state index contributed by atoms with van der Waals surface area (Å²) in [4.78, 5) is 30.4. The van der Waals surface area contributed by atoms with Crippen molar-refractivity contribution in [2.45, 2.75) is 0 Å². The molecule has 0 unspecified atom stereocenters. The van der Waals surface area contributed by atoms with Crippen molar-refractivity contribution in [2.24, 2.45) is 0 Å². The highest BCUT2D eigenvalue weighted by molar-refractivity contribution is 5.94. The monoisotopic (exact) mass is 205 g/mol. The first-order valence-electron chi connectivity index (χ1n) is 4.14. The predicted octanol–water partition coefficient (Wildman–Crippen LogP) is 0.463. The lowest BCUT2D eigenvalue weighted by atomic mass is 10.1. The van der Waals surface area contributed by atoms with E-state index in [2.05, 4.69) is 15.0 Å². The molecule has 2 aromatic rings. The largest absolute Gasteiger partial charge is 0.478 e. The summed E-state index contributed by atoms with van der Waals surface area (Å²) in [6.07, 6.45) is 4.28. The van der Waals surface area contributed by atoms with E-state index in [0.29, 0.717) is 5.56 Å². The van der Waals surface area contributed by atoms with Gasteiger partial charge < -0.3 is 15.1 Å². The van der Waals surface area contributed by atoms with Crippen molar-refractivity contribution >= 4 is 5.97 Å². The third-order valence-corrected chi connectivity index (χ3v) is 1.93. The average molecular weight is 205 g/mol. The van der Waals surface area contributed by atoms with Crippen LogP contribution >= 0.6 is 0 Å². The third kappa shape index (κ3) is 1.64. The summed E-state index contributed by atoms with van der Waals surface area (Å²) >= 11 is 0. The van der Waals surface area contributed by atoms with Gasteiger partial charge in [-0.2, -0.15) is 0 Å². The highest BCUT2D eigenvalue weighted by Crippen LogP contribution is 2.18. The summed E-state index contributed by atoms with van der Waals surface area (Å²) in [5, 5.41) is 8.88. The number of nitrogens with one attached hydrogen (secondary N) is 2.